The van der Waals surface area contributed by atoms with E-state index in [4.69, 9.17) is 23.2 Å². The van der Waals surface area contributed by atoms with Crippen molar-refractivity contribution >= 4 is 28.9 Å². The second-order valence-electron chi connectivity index (χ2n) is 4.67. The highest BCUT2D eigenvalue weighted by Gasteiger charge is 2.09. The van der Waals surface area contributed by atoms with Crippen LogP contribution in [0, 0.1) is 6.92 Å². The van der Waals surface area contributed by atoms with E-state index in [-0.39, 0.29) is 6.04 Å². The Balaban J connectivity index is 2.05. The number of aromatic nitrogens is 1. The Morgan fingerprint density at radius 3 is 2.47 bits per heavy atom. The van der Waals surface area contributed by atoms with Gasteiger partial charge < -0.3 is 5.32 Å². The average Bonchev–Trinajstić information content (AvgIpc) is 2.37. The number of nitrogens with zero attached hydrogens (tertiary/aromatic N) is 1. The van der Waals surface area contributed by atoms with Crippen LogP contribution in [0.3, 0.4) is 0 Å². The van der Waals surface area contributed by atoms with Gasteiger partial charge in [0, 0.05) is 17.3 Å². The van der Waals surface area contributed by atoms with Crippen LogP contribution in [0.5, 0.6) is 0 Å². The van der Waals surface area contributed by atoms with Gasteiger partial charge in [-0.25, -0.2) is 4.98 Å². The predicted molar refractivity (Wildman–Crippen MR) is 82.2 cm³/mol. The lowest BCUT2D eigenvalue weighted by atomic mass is 10.1. The van der Waals surface area contributed by atoms with Gasteiger partial charge in [-0.1, -0.05) is 35.3 Å². The van der Waals surface area contributed by atoms with E-state index in [0.29, 0.717) is 5.15 Å². The number of pyridine rings is 1. The monoisotopic (exact) mass is 294 g/mol. The molecule has 1 aromatic carbocycles. The molecule has 1 unspecified atom stereocenters. The van der Waals surface area contributed by atoms with Crippen molar-refractivity contribution in [2.45, 2.75) is 26.3 Å². The van der Waals surface area contributed by atoms with Crippen molar-refractivity contribution in [1.82, 2.24) is 4.98 Å². The molecule has 2 nitrogen and oxygen atoms in total. The highest BCUT2D eigenvalue weighted by atomic mass is 35.5. The third-order valence-corrected chi connectivity index (χ3v) is 3.50. The SMILES string of the molecule is Cc1ccnc(Cl)c1NC(C)Cc1ccc(Cl)cc1. The molecule has 0 aliphatic carbocycles. The number of rotatable bonds is 4. The highest BCUT2D eigenvalue weighted by Crippen LogP contribution is 2.24. The second kappa shape index (κ2) is 6.27. The second-order valence-corrected chi connectivity index (χ2v) is 5.46. The van der Waals surface area contributed by atoms with E-state index in [9.17, 15) is 0 Å². The summed E-state index contributed by atoms with van der Waals surface area (Å²) in [4.78, 5) is 4.10. The Kier molecular flexibility index (Phi) is 4.67. The Hall–Kier alpha value is -1.25. The summed E-state index contributed by atoms with van der Waals surface area (Å²) in [6.07, 6.45) is 2.62. The lowest BCUT2D eigenvalue weighted by Crippen LogP contribution is -2.19. The Labute approximate surface area is 123 Å². The molecule has 0 radical (unpaired) electrons. The van der Waals surface area contributed by atoms with Gasteiger partial charge in [-0.2, -0.15) is 0 Å². The molecule has 2 rings (SSSR count). The Bertz CT molecular complexity index is 532. The number of halogens is 2. The van der Waals surface area contributed by atoms with Gasteiger partial charge in [0.1, 0.15) is 0 Å². The molecule has 0 amide bonds. The first-order valence-corrected chi connectivity index (χ1v) is 6.94. The minimum absolute atomic E-state index is 0.265. The summed E-state index contributed by atoms with van der Waals surface area (Å²) in [5, 5.41) is 4.69. The standard InChI is InChI=1S/C15H16Cl2N2/c1-10-7-8-18-15(17)14(10)19-11(2)9-12-3-5-13(16)6-4-12/h3-8,11,19H,9H2,1-2H3. The number of anilines is 1. The molecular formula is C15H16Cl2N2. The van der Waals surface area contributed by atoms with Crippen LogP contribution in [0.4, 0.5) is 5.69 Å². The van der Waals surface area contributed by atoms with Crippen molar-refractivity contribution in [3.8, 4) is 0 Å². The number of hydrogen-bond acceptors (Lipinski definition) is 2. The van der Waals surface area contributed by atoms with E-state index in [0.717, 1.165) is 22.7 Å². The first-order valence-electron chi connectivity index (χ1n) is 6.18. The van der Waals surface area contributed by atoms with Crippen molar-refractivity contribution in [3.63, 3.8) is 0 Å². The molecule has 0 spiro atoms. The van der Waals surface area contributed by atoms with Crippen molar-refractivity contribution in [3.05, 3.63) is 57.8 Å². The van der Waals surface area contributed by atoms with Crippen molar-refractivity contribution in [1.29, 1.82) is 0 Å². The molecule has 2 aromatic rings. The topological polar surface area (TPSA) is 24.9 Å². The Morgan fingerprint density at radius 2 is 1.84 bits per heavy atom. The van der Waals surface area contributed by atoms with Gasteiger partial charge in [-0.05, 0) is 49.6 Å². The lowest BCUT2D eigenvalue weighted by molar-refractivity contribution is 0.788. The zero-order chi connectivity index (χ0) is 13.8. The first kappa shape index (κ1) is 14.2. The van der Waals surface area contributed by atoms with Crippen molar-refractivity contribution in [2.75, 3.05) is 5.32 Å². The zero-order valence-electron chi connectivity index (χ0n) is 11.0. The maximum atomic E-state index is 6.11. The fourth-order valence-corrected chi connectivity index (χ4v) is 2.36. The van der Waals surface area contributed by atoms with Gasteiger partial charge in [0.25, 0.3) is 0 Å². The van der Waals surface area contributed by atoms with Gasteiger partial charge in [-0.3, -0.25) is 0 Å². The molecule has 0 saturated heterocycles. The maximum Gasteiger partial charge on any atom is 0.152 e. The molecule has 19 heavy (non-hydrogen) atoms. The van der Waals surface area contributed by atoms with E-state index in [2.05, 4.69) is 17.2 Å². The molecule has 1 aromatic heterocycles. The van der Waals surface area contributed by atoms with Crippen LogP contribution >= 0.6 is 23.2 Å². The van der Waals surface area contributed by atoms with Gasteiger partial charge in [0.05, 0.1) is 5.69 Å². The van der Waals surface area contributed by atoms with Crippen LogP contribution in [0.15, 0.2) is 36.5 Å². The number of aryl methyl sites for hydroxylation is 1. The molecule has 0 fully saturated rings. The molecule has 1 N–H and O–H groups in total. The first-order chi connectivity index (χ1) is 9.06. The fourth-order valence-electron chi connectivity index (χ4n) is 1.97. The van der Waals surface area contributed by atoms with Crippen molar-refractivity contribution in [2.24, 2.45) is 0 Å². The molecule has 1 atom stereocenters. The zero-order valence-corrected chi connectivity index (χ0v) is 12.5. The molecule has 0 aliphatic heterocycles. The van der Waals surface area contributed by atoms with Crippen LogP contribution in [0.1, 0.15) is 18.1 Å². The van der Waals surface area contributed by atoms with E-state index >= 15 is 0 Å². The third kappa shape index (κ3) is 3.85. The highest BCUT2D eigenvalue weighted by molar-refractivity contribution is 6.32. The molecule has 0 saturated carbocycles. The Morgan fingerprint density at radius 1 is 1.16 bits per heavy atom. The fraction of sp³-hybridized carbons (Fsp3) is 0.267. The molecule has 0 bridgehead atoms. The third-order valence-electron chi connectivity index (χ3n) is 2.96. The summed E-state index contributed by atoms with van der Waals surface area (Å²) in [6.45, 7) is 4.14. The average molecular weight is 295 g/mol. The molecule has 0 aliphatic rings. The van der Waals surface area contributed by atoms with Gasteiger partial charge in [0.2, 0.25) is 0 Å². The van der Waals surface area contributed by atoms with E-state index < -0.39 is 0 Å². The van der Waals surface area contributed by atoms with E-state index in [1.165, 1.54) is 5.56 Å². The smallest absolute Gasteiger partial charge is 0.152 e. The summed E-state index contributed by atoms with van der Waals surface area (Å²) < 4.78 is 0. The summed E-state index contributed by atoms with van der Waals surface area (Å²) in [5.41, 5.74) is 3.25. The van der Waals surface area contributed by atoms with Gasteiger partial charge in [-0.15, -0.1) is 0 Å². The van der Waals surface area contributed by atoms with Crippen LogP contribution in [-0.2, 0) is 6.42 Å². The van der Waals surface area contributed by atoms with Crippen LogP contribution in [0.25, 0.3) is 0 Å². The van der Waals surface area contributed by atoms with E-state index in [1.54, 1.807) is 6.20 Å². The molecule has 4 heteroatoms. The summed E-state index contributed by atoms with van der Waals surface area (Å²) >= 11 is 12.0. The number of nitrogens with one attached hydrogen (secondary N) is 1. The van der Waals surface area contributed by atoms with Gasteiger partial charge in [0.15, 0.2) is 5.15 Å². The maximum absolute atomic E-state index is 6.11. The van der Waals surface area contributed by atoms with Crippen molar-refractivity contribution < 1.29 is 0 Å². The minimum Gasteiger partial charge on any atom is -0.380 e. The summed E-state index contributed by atoms with van der Waals surface area (Å²) in [7, 11) is 0. The lowest BCUT2D eigenvalue weighted by Gasteiger charge is -2.17. The van der Waals surface area contributed by atoms with Crippen LogP contribution in [-0.4, -0.2) is 11.0 Å². The number of benzene rings is 1. The summed E-state index contributed by atoms with van der Waals surface area (Å²) in [6, 6.07) is 10.1. The molecular weight excluding hydrogens is 279 g/mol. The number of hydrogen-bond donors (Lipinski definition) is 1. The van der Waals surface area contributed by atoms with Gasteiger partial charge >= 0.3 is 0 Å². The van der Waals surface area contributed by atoms with Crippen LogP contribution < -0.4 is 5.32 Å². The van der Waals surface area contributed by atoms with E-state index in [1.807, 2.05) is 37.3 Å². The minimum atomic E-state index is 0.265. The quantitative estimate of drug-likeness (QED) is 0.824. The molecule has 1 heterocycles. The predicted octanol–water partition coefficient (Wildman–Crippen LogP) is 4.74. The molecule has 100 valence electrons. The largest absolute Gasteiger partial charge is 0.380 e. The summed E-state index contributed by atoms with van der Waals surface area (Å²) in [5.74, 6) is 0. The normalized spacial score (nSPS) is 12.2. The van der Waals surface area contributed by atoms with Crippen LogP contribution in [0.2, 0.25) is 10.2 Å².